The van der Waals surface area contributed by atoms with Crippen LogP contribution in [0, 0.1) is 5.41 Å². The third-order valence-corrected chi connectivity index (χ3v) is 4.11. The number of hydrogen-bond acceptors (Lipinski definition) is 2. The Morgan fingerprint density at radius 1 is 1.35 bits per heavy atom. The van der Waals surface area contributed by atoms with E-state index in [2.05, 4.69) is 6.08 Å². The smallest absolute Gasteiger partial charge is 0.309 e. The van der Waals surface area contributed by atoms with Gasteiger partial charge < -0.3 is 10.2 Å². The van der Waals surface area contributed by atoms with Gasteiger partial charge in [-0.25, -0.2) is 0 Å². The maximum Gasteiger partial charge on any atom is 0.309 e. The normalized spacial score (nSPS) is 14.6. The van der Waals surface area contributed by atoms with Crippen molar-refractivity contribution >= 4 is 11.5 Å². The van der Waals surface area contributed by atoms with Crippen LogP contribution < -0.4 is 0 Å². The molecule has 0 aliphatic heterocycles. The van der Waals surface area contributed by atoms with Crippen LogP contribution in [0.2, 0.25) is 0 Å². The molecule has 0 amide bonds. The minimum atomic E-state index is -0.742. The van der Waals surface area contributed by atoms with E-state index in [1.807, 2.05) is 12.1 Å². The highest BCUT2D eigenvalue weighted by atomic mass is 16.4. The zero-order valence-electron chi connectivity index (χ0n) is 12.1. The highest BCUT2D eigenvalue weighted by Crippen LogP contribution is 2.35. The lowest BCUT2D eigenvalue weighted by molar-refractivity contribution is -0.147. The summed E-state index contributed by atoms with van der Waals surface area (Å²) in [5, 5.41) is 19.0. The van der Waals surface area contributed by atoms with Gasteiger partial charge in [0.1, 0.15) is 5.75 Å². The van der Waals surface area contributed by atoms with Gasteiger partial charge in [0.15, 0.2) is 0 Å². The van der Waals surface area contributed by atoms with Crippen molar-refractivity contribution in [2.24, 2.45) is 5.41 Å². The summed E-state index contributed by atoms with van der Waals surface area (Å²) >= 11 is 0. The number of aliphatic carboxylic acids is 1. The summed E-state index contributed by atoms with van der Waals surface area (Å²) in [6, 6.07) is 5.65. The minimum Gasteiger partial charge on any atom is -0.508 e. The van der Waals surface area contributed by atoms with Crippen LogP contribution in [0.5, 0.6) is 5.75 Å². The Balaban J connectivity index is 2.04. The summed E-state index contributed by atoms with van der Waals surface area (Å²) in [6.45, 7) is 3.54. The Kier molecular flexibility index (Phi) is 4.17. The Labute approximate surface area is 120 Å². The quantitative estimate of drug-likeness (QED) is 0.853. The van der Waals surface area contributed by atoms with Crippen LogP contribution in [0.4, 0.5) is 0 Å². The highest BCUT2D eigenvalue weighted by Gasteiger charge is 2.26. The van der Waals surface area contributed by atoms with Crippen LogP contribution >= 0.6 is 0 Å². The van der Waals surface area contributed by atoms with Crippen LogP contribution in [0.25, 0.3) is 5.57 Å². The highest BCUT2D eigenvalue weighted by molar-refractivity contribution is 5.74. The molecule has 1 aromatic carbocycles. The average molecular weight is 274 g/mol. The fraction of sp³-hybridized carbons (Fsp3) is 0.471. The van der Waals surface area contributed by atoms with Gasteiger partial charge in [0.05, 0.1) is 5.41 Å². The lowest BCUT2D eigenvalue weighted by atomic mass is 9.83. The number of rotatable bonds is 5. The first-order valence-corrected chi connectivity index (χ1v) is 7.15. The summed E-state index contributed by atoms with van der Waals surface area (Å²) in [7, 11) is 0. The van der Waals surface area contributed by atoms with Gasteiger partial charge in [0.25, 0.3) is 0 Å². The van der Waals surface area contributed by atoms with Crippen LogP contribution in [-0.2, 0) is 11.2 Å². The van der Waals surface area contributed by atoms with Crippen LogP contribution in [-0.4, -0.2) is 16.2 Å². The van der Waals surface area contributed by atoms with E-state index >= 15 is 0 Å². The van der Waals surface area contributed by atoms with E-state index < -0.39 is 11.4 Å². The van der Waals surface area contributed by atoms with Crippen molar-refractivity contribution < 1.29 is 15.0 Å². The van der Waals surface area contributed by atoms with Crippen molar-refractivity contribution in [1.82, 2.24) is 0 Å². The molecular weight excluding hydrogens is 252 g/mol. The lowest BCUT2D eigenvalue weighted by Crippen LogP contribution is -2.23. The summed E-state index contributed by atoms with van der Waals surface area (Å²) in [5.41, 5.74) is 2.73. The molecule has 0 radical (unpaired) electrons. The van der Waals surface area contributed by atoms with Crippen molar-refractivity contribution in [3.8, 4) is 5.75 Å². The standard InChI is InChI=1S/C17H22O3/c1-17(2,16(19)20)11-5-7-12-6-3-9-14-13(12)8-4-10-15(14)18/h4,6,8,10,18H,3,5,7,9,11H2,1-2H3,(H,19,20). The predicted molar refractivity (Wildman–Crippen MR) is 79.7 cm³/mol. The Hall–Kier alpha value is -1.77. The predicted octanol–water partition coefficient (Wildman–Crippen LogP) is 4.00. The summed E-state index contributed by atoms with van der Waals surface area (Å²) in [5.74, 6) is -0.368. The van der Waals surface area contributed by atoms with E-state index in [-0.39, 0.29) is 0 Å². The van der Waals surface area contributed by atoms with E-state index in [0.29, 0.717) is 12.2 Å². The monoisotopic (exact) mass is 274 g/mol. The maximum absolute atomic E-state index is 11.1. The second-order valence-corrected chi connectivity index (χ2v) is 6.11. The van der Waals surface area contributed by atoms with Crippen LogP contribution in [0.15, 0.2) is 24.3 Å². The molecule has 1 aromatic rings. The Morgan fingerprint density at radius 2 is 2.10 bits per heavy atom. The molecule has 1 aliphatic rings. The van der Waals surface area contributed by atoms with Crippen molar-refractivity contribution in [3.63, 3.8) is 0 Å². The van der Waals surface area contributed by atoms with E-state index in [1.165, 1.54) is 5.57 Å². The summed E-state index contributed by atoms with van der Waals surface area (Å²) < 4.78 is 0. The van der Waals surface area contributed by atoms with E-state index in [9.17, 15) is 9.90 Å². The number of carboxylic acids is 1. The third kappa shape index (κ3) is 3.03. The molecule has 1 aliphatic carbocycles. The van der Waals surface area contributed by atoms with Crippen molar-refractivity contribution in [3.05, 3.63) is 35.4 Å². The summed E-state index contributed by atoms with van der Waals surface area (Å²) in [4.78, 5) is 11.1. The first kappa shape index (κ1) is 14.6. The zero-order valence-corrected chi connectivity index (χ0v) is 12.1. The number of allylic oxidation sites excluding steroid dienone is 2. The van der Waals surface area contributed by atoms with E-state index in [4.69, 9.17) is 5.11 Å². The number of benzene rings is 1. The van der Waals surface area contributed by atoms with Gasteiger partial charge in [-0.15, -0.1) is 0 Å². The number of phenolic OH excluding ortho intramolecular Hbond substituents is 1. The molecule has 2 N–H and O–H groups in total. The SMILES string of the molecule is CC(C)(CCCC1=CCCc2c(O)cccc21)C(=O)O. The van der Waals surface area contributed by atoms with Gasteiger partial charge in [-0.1, -0.05) is 18.2 Å². The third-order valence-electron chi connectivity index (χ3n) is 4.11. The fourth-order valence-electron chi connectivity index (χ4n) is 2.70. The number of carbonyl (C=O) groups is 1. The molecule has 3 heteroatoms. The molecule has 0 fully saturated rings. The molecule has 0 atom stereocenters. The fourth-order valence-corrected chi connectivity index (χ4v) is 2.70. The van der Waals surface area contributed by atoms with Gasteiger partial charge in [-0.05, 0) is 63.2 Å². The van der Waals surface area contributed by atoms with Crippen molar-refractivity contribution in [2.45, 2.75) is 46.0 Å². The van der Waals surface area contributed by atoms with Gasteiger partial charge in [-0.2, -0.15) is 0 Å². The Bertz CT molecular complexity index is 541. The summed E-state index contributed by atoms with van der Waals surface area (Å²) in [6.07, 6.45) is 6.42. The number of fused-ring (bicyclic) bond motifs is 1. The zero-order chi connectivity index (χ0) is 14.8. The largest absolute Gasteiger partial charge is 0.508 e. The minimum absolute atomic E-state index is 0.374. The first-order valence-electron chi connectivity index (χ1n) is 7.15. The number of carboxylic acid groups (broad SMARTS) is 1. The molecule has 0 saturated heterocycles. The lowest BCUT2D eigenvalue weighted by Gasteiger charge is -2.21. The molecule has 108 valence electrons. The van der Waals surface area contributed by atoms with E-state index in [0.717, 1.165) is 36.8 Å². The van der Waals surface area contributed by atoms with Gasteiger partial charge >= 0.3 is 5.97 Å². The van der Waals surface area contributed by atoms with Crippen LogP contribution in [0.3, 0.4) is 0 Å². The number of aromatic hydroxyl groups is 1. The molecule has 0 spiro atoms. The molecule has 2 rings (SSSR count). The topological polar surface area (TPSA) is 57.5 Å². The molecule has 0 aromatic heterocycles. The molecule has 20 heavy (non-hydrogen) atoms. The molecule has 0 bridgehead atoms. The van der Waals surface area contributed by atoms with Gasteiger partial charge in [0.2, 0.25) is 0 Å². The van der Waals surface area contributed by atoms with Gasteiger partial charge in [-0.3, -0.25) is 4.79 Å². The van der Waals surface area contributed by atoms with Crippen molar-refractivity contribution in [2.75, 3.05) is 0 Å². The molecule has 0 unspecified atom stereocenters. The number of hydrogen-bond donors (Lipinski definition) is 2. The maximum atomic E-state index is 11.1. The van der Waals surface area contributed by atoms with Crippen molar-refractivity contribution in [1.29, 1.82) is 0 Å². The molecule has 0 saturated carbocycles. The molecule has 0 heterocycles. The molecule has 3 nitrogen and oxygen atoms in total. The average Bonchev–Trinajstić information content (AvgIpc) is 2.39. The van der Waals surface area contributed by atoms with E-state index in [1.54, 1.807) is 19.9 Å². The second kappa shape index (κ2) is 5.70. The Morgan fingerprint density at radius 3 is 2.80 bits per heavy atom. The second-order valence-electron chi connectivity index (χ2n) is 6.11. The van der Waals surface area contributed by atoms with Gasteiger partial charge in [0, 0.05) is 5.56 Å². The number of phenols is 1. The molecular formula is C17H22O3. The first-order chi connectivity index (χ1) is 9.42. The van der Waals surface area contributed by atoms with Crippen LogP contribution in [0.1, 0.15) is 50.7 Å².